The third kappa shape index (κ3) is 2.28. The first kappa shape index (κ1) is 11.1. The van der Waals surface area contributed by atoms with Crippen molar-refractivity contribution in [1.29, 1.82) is 0 Å². The van der Waals surface area contributed by atoms with Crippen molar-refractivity contribution >= 4 is 23.1 Å². The second kappa shape index (κ2) is 4.50. The van der Waals surface area contributed by atoms with E-state index in [1.54, 1.807) is 0 Å². The molecule has 0 bridgehead atoms. The molecule has 0 saturated heterocycles. The van der Waals surface area contributed by atoms with Crippen LogP contribution in [0.5, 0.6) is 0 Å². The van der Waals surface area contributed by atoms with Crippen LogP contribution in [0, 0.1) is 13.8 Å². The molecule has 0 N–H and O–H groups in total. The molecule has 0 atom stereocenters. The van der Waals surface area contributed by atoms with E-state index >= 15 is 0 Å². The van der Waals surface area contributed by atoms with Crippen molar-refractivity contribution in [2.75, 3.05) is 0 Å². The maximum absolute atomic E-state index is 4.60. The van der Waals surface area contributed by atoms with Crippen LogP contribution in [-0.4, -0.2) is 5.16 Å². The molecule has 1 aromatic rings. The van der Waals surface area contributed by atoms with Crippen molar-refractivity contribution in [2.24, 2.45) is 4.99 Å². The largest absolute Gasteiger partial charge is 0.195 e. The molecule has 0 aliphatic heterocycles. The molecule has 1 nitrogen and oxygen atoms in total. The molecular formula is C12H15NS. The summed E-state index contributed by atoms with van der Waals surface area (Å²) in [6.07, 6.45) is 0. The summed E-state index contributed by atoms with van der Waals surface area (Å²) in [4.78, 5) is 4.02. The van der Waals surface area contributed by atoms with Gasteiger partial charge in [-0.25, -0.2) is 0 Å². The lowest BCUT2D eigenvalue weighted by molar-refractivity contribution is 0.854. The van der Waals surface area contributed by atoms with Gasteiger partial charge in [-0.3, -0.25) is 0 Å². The zero-order valence-corrected chi connectivity index (χ0v) is 9.90. The molecule has 0 amide bonds. The summed E-state index contributed by atoms with van der Waals surface area (Å²) in [6, 6.07) is 4.13. The van der Waals surface area contributed by atoms with Crippen molar-refractivity contribution in [3.8, 4) is 0 Å². The molecule has 0 heterocycles. The fourth-order valence-corrected chi connectivity index (χ4v) is 1.69. The molecule has 1 rings (SSSR count). The maximum atomic E-state index is 4.60. The average molecular weight is 205 g/mol. The van der Waals surface area contributed by atoms with E-state index in [-0.39, 0.29) is 0 Å². The molecule has 0 aromatic heterocycles. The molecule has 2 heteroatoms. The highest BCUT2D eigenvalue weighted by atomic mass is 32.1. The van der Waals surface area contributed by atoms with Gasteiger partial charge in [-0.15, -0.1) is 0 Å². The second-order valence-electron chi connectivity index (χ2n) is 3.83. The van der Waals surface area contributed by atoms with E-state index in [9.17, 15) is 0 Å². The third-order valence-electron chi connectivity index (χ3n) is 2.49. The van der Waals surface area contributed by atoms with Crippen LogP contribution in [0.25, 0.3) is 0 Å². The summed E-state index contributed by atoms with van der Waals surface area (Å²) in [5.41, 5.74) is 4.87. The number of hydrogen-bond acceptors (Lipinski definition) is 2. The molecular weight excluding hydrogens is 190 g/mol. The normalized spacial score (nSPS) is 10.1. The molecule has 1 aromatic carbocycles. The highest BCUT2D eigenvalue weighted by Gasteiger charge is 2.07. The predicted molar refractivity (Wildman–Crippen MR) is 64.7 cm³/mol. The number of aryl methyl sites for hydroxylation is 1. The van der Waals surface area contributed by atoms with E-state index in [4.69, 9.17) is 0 Å². The Hall–Kier alpha value is -0.980. The lowest BCUT2D eigenvalue weighted by Crippen LogP contribution is -1.94. The summed E-state index contributed by atoms with van der Waals surface area (Å²) in [5.74, 6) is 0.522. The minimum atomic E-state index is 0.522. The Labute approximate surface area is 90.9 Å². The molecule has 74 valence electrons. The molecule has 0 unspecified atom stereocenters. The minimum Gasteiger partial charge on any atom is -0.195 e. The topological polar surface area (TPSA) is 12.4 Å². The molecule has 0 aliphatic rings. The fourth-order valence-electron chi connectivity index (χ4n) is 1.58. The van der Waals surface area contributed by atoms with Gasteiger partial charge < -0.3 is 0 Å². The smallest absolute Gasteiger partial charge is 0.0745 e. The van der Waals surface area contributed by atoms with E-state index in [0.717, 1.165) is 5.69 Å². The van der Waals surface area contributed by atoms with Crippen molar-refractivity contribution < 1.29 is 0 Å². The molecule has 0 fully saturated rings. The van der Waals surface area contributed by atoms with Crippen LogP contribution in [0.1, 0.15) is 36.5 Å². The highest BCUT2D eigenvalue weighted by Crippen LogP contribution is 2.27. The van der Waals surface area contributed by atoms with Gasteiger partial charge in [-0.05, 0) is 60.8 Å². The van der Waals surface area contributed by atoms with Gasteiger partial charge in [0, 0.05) is 0 Å². The van der Waals surface area contributed by atoms with Gasteiger partial charge in [0.1, 0.15) is 0 Å². The first-order chi connectivity index (χ1) is 6.56. The number of isothiocyanates is 1. The van der Waals surface area contributed by atoms with E-state index in [0.29, 0.717) is 5.92 Å². The number of hydrogen-bond donors (Lipinski definition) is 0. The number of nitrogens with zero attached hydrogens (tertiary/aromatic N) is 1. The SMILES string of the molecule is Cc1cc(N=C=S)cc(C(C)C)c1C. The predicted octanol–water partition coefficient (Wildman–Crippen LogP) is 4.16. The number of thiocarbonyl (C=S) groups is 1. The lowest BCUT2D eigenvalue weighted by atomic mass is 9.94. The zero-order valence-electron chi connectivity index (χ0n) is 9.09. The first-order valence-corrected chi connectivity index (χ1v) is 5.16. The van der Waals surface area contributed by atoms with Gasteiger partial charge in [0.15, 0.2) is 0 Å². The fraction of sp³-hybridized carbons (Fsp3) is 0.417. The van der Waals surface area contributed by atoms with Gasteiger partial charge in [0.25, 0.3) is 0 Å². The number of benzene rings is 1. The van der Waals surface area contributed by atoms with Crippen LogP contribution in [0.2, 0.25) is 0 Å². The Bertz CT molecular complexity index is 388. The quantitative estimate of drug-likeness (QED) is 0.521. The first-order valence-electron chi connectivity index (χ1n) is 4.75. The van der Waals surface area contributed by atoms with E-state index in [1.165, 1.54) is 16.7 Å². The summed E-state index contributed by atoms with van der Waals surface area (Å²) in [6.45, 7) is 8.62. The Kier molecular flexibility index (Phi) is 3.56. The Balaban J connectivity index is 3.34. The summed E-state index contributed by atoms with van der Waals surface area (Å²) in [7, 11) is 0. The Morgan fingerprint density at radius 3 is 2.43 bits per heavy atom. The Morgan fingerprint density at radius 2 is 1.93 bits per heavy atom. The zero-order chi connectivity index (χ0) is 10.7. The molecule has 14 heavy (non-hydrogen) atoms. The molecule has 0 aliphatic carbocycles. The van der Waals surface area contributed by atoms with Gasteiger partial charge in [0.05, 0.1) is 10.8 Å². The van der Waals surface area contributed by atoms with E-state index in [2.05, 4.69) is 56.1 Å². The van der Waals surface area contributed by atoms with Crippen LogP contribution in [0.4, 0.5) is 5.69 Å². The third-order valence-corrected chi connectivity index (χ3v) is 2.58. The highest BCUT2D eigenvalue weighted by molar-refractivity contribution is 7.78. The second-order valence-corrected chi connectivity index (χ2v) is 4.02. The minimum absolute atomic E-state index is 0.522. The molecule has 0 radical (unpaired) electrons. The van der Waals surface area contributed by atoms with Gasteiger partial charge in [-0.1, -0.05) is 13.8 Å². The van der Waals surface area contributed by atoms with E-state index < -0.39 is 0 Å². The van der Waals surface area contributed by atoms with E-state index in [1.807, 2.05) is 6.07 Å². The Morgan fingerprint density at radius 1 is 1.29 bits per heavy atom. The molecule has 0 spiro atoms. The van der Waals surface area contributed by atoms with Crippen LogP contribution in [0.15, 0.2) is 17.1 Å². The number of aliphatic imine (C=N–C) groups is 1. The van der Waals surface area contributed by atoms with Crippen molar-refractivity contribution in [3.05, 3.63) is 28.8 Å². The summed E-state index contributed by atoms with van der Waals surface area (Å²) < 4.78 is 0. The standard InChI is InChI=1S/C12H15NS/c1-8(2)12-6-11(13-7-14)5-9(3)10(12)4/h5-6,8H,1-4H3. The van der Waals surface area contributed by atoms with Gasteiger partial charge >= 0.3 is 0 Å². The summed E-state index contributed by atoms with van der Waals surface area (Å²) >= 11 is 4.60. The van der Waals surface area contributed by atoms with Crippen LogP contribution in [-0.2, 0) is 0 Å². The number of rotatable bonds is 2. The molecule has 0 saturated carbocycles. The van der Waals surface area contributed by atoms with Crippen LogP contribution >= 0.6 is 12.2 Å². The van der Waals surface area contributed by atoms with Crippen LogP contribution < -0.4 is 0 Å². The van der Waals surface area contributed by atoms with Crippen molar-refractivity contribution in [1.82, 2.24) is 0 Å². The summed E-state index contributed by atoms with van der Waals surface area (Å²) in [5, 5.41) is 2.41. The van der Waals surface area contributed by atoms with Gasteiger partial charge in [0.2, 0.25) is 0 Å². The van der Waals surface area contributed by atoms with Crippen molar-refractivity contribution in [2.45, 2.75) is 33.6 Å². The van der Waals surface area contributed by atoms with Gasteiger partial charge in [-0.2, -0.15) is 4.99 Å². The van der Waals surface area contributed by atoms with Crippen molar-refractivity contribution in [3.63, 3.8) is 0 Å². The maximum Gasteiger partial charge on any atom is 0.0745 e. The van der Waals surface area contributed by atoms with Crippen LogP contribution in [0.3, 0.4) is 0 Å². The average Bonchev–Trinajstić information content (AvgIpc) is 2.11. The lowest BCUT2D eigenvalue weighted by Gasteiger charge is -2.12. The monoisotopic (exact) mass is 205 g/mol.